The minimum atomic E-state index is 0.344. The number of hydrogen-bond donors (Lipinski definition) is 1. The first kappa shape index (κ1) is 8.90. The van der Waals surface area contributed by atoms with E-state index >= 15 is 0 Å². The molecule has 0 aliphatic carbocycles. The molecular weight excluding hydrogens is 178 g/mol. The van der Waals surface area contributed by atoms with Crippen molar-refractivity contribution in [1.29, 1.82) is 0 Å². The van der Waals surface area contributed by atoms with E-state index in [-0.39, 0.29) is 0 Å². The minimum absolute atomic E-state index is 0.344. The van der Waals surface area contributed by atoms with Crippen LogP contribution in [0.1, 0.15) is 17.2 Å². The molecule has 0 spiro atoms. The zero-order valence-electron chi connectivity index (χ0n) is 7.68. The summed E-state index contributed by atoms with van der Waals surface area (Å²) >= 11 is 0. The normalized spacial score (nSPS) is 10.4. The Hall–Kier alpha value is -1.68. The van der Waals surface area contributed by atoms with E-state index in [4.69, 9.17) is 10.2 Å². The van der Waals surface area contributed by atoms with Crippen molar-refractivity contribution in [3.05, 3.63) is 47.9 Å². The number of hydrogen-bond acceptors (Lipinski definition) is 4. The molecule has 4 heteroatoms. The Bertz CT molecular complexity index is 397. The van der Waals surface area contributed by atoms with E-state index in [9.17, 15) is 0 Å². The van der Waals surface area contributed by atoms with Crippen molar-refractivity contribution >= 4 is 0 Å². The van der Waals surface area contributed by atoms with E-state index in [1.54, 1.807) is 18.6 Å². The van der Waals surface area contributed by atoms with E-state index in [1.807, 2.05) is 12.1 Å². The highest BCUT2D eigenvalue weighted by atomic mass is 16.4. The molecule has 2 N–H and O–H groups in total. The summed E-state index contributed by atoms with van der Waals surface area (Å²) in [4.78, 5) is 7.97. The van der Waals surface area contributed by atoms with Crippen LogP contribution in [0.25, 0.3) is 0 Å². The largest absolute Gasteiger partial charge is 0.444 e. The van der Waals surface area contributed by atoms with Gasteiger partial charge in [-0.15, -0.1) is 0 Å². The van der Waals surface area contributed by atoms with Crippen molar-refractivity contribution in [1.82, 2.24) is 9.97 Å². The lowest BCUT2D eigenvalue weighted by Crippen LogP contribution is -1.95. The molecule has 0 saturated heterocycles. The number of oxazole rings is 1. The van der Waals surface area contributed by atoms with Crippen LogP contribution < -0.4 is 5.73 Å². The van der Waals surface area contributed by atoms with Gasteiger partial charge in [0.15, 0.2) is 0 Å². The number of pyridine rings is 1. The topological polar surface area (TPSA) is 64.9 Å². The fourth-order valence-corrected chi connectivity index (χ4v) is 1.23. The van der Waals surface area contributed by atoms with Crippen LogP contribution in [-0.2, 0) is 13.0 Å². The molecule has 0 unspecified atom stereocenters. The lowest BCUT2D eigenvalue weighted by Gasteiger charge is -1.95. The predicted molar refractivity (Wildman–Crippen MR) is 51.4 cm³/mol. The maximum absolute atomic E-state index is 5.39. The zero-order valence-corrected chi connectivity index (χ0v) is 7.68. The smallest absolute Gasteiger partial charge is 0.208 e. The lowest BCUT2D eigenvalue weighted by atomic mass is 10.2. The Labute approximate surface area is 81.8 Å². The maximum Gasteiger partial charge on any atom is 0.208 e. The summed E-state index contributed by atoms with van der Waals surface area (Å²) in [6.45, 7) is 0.344. The average Bonchev–Trinajstić information content (AvgIpc) is 2.67. The summed E-state index contributed by atoms with van der Waals surface area (Å²) in [5.41, 5.74) is 6.54. The molecule has 4 nitrogen and oxygen atoms in total. The zero-order chi connectivity index (χ0) is 9.80. The molecule has 72 valence electrons. The van der Waals surface area contributed by atoms with Gasteiger partial charge < -0.3 is 10.2 Å². The van der Waals surface area contributed by atoms with Gasteiger partial charge in [-0.25, -0.2) is 4.98 Å². The standard InChI is InChI=1S/C10H11N3O/c11-6-10-13-7-9(14-10)5-8-1-3-12-4-2-8/h1-4,7H,5-6,11H2. The van der Waals surface area contributed by atoms with Crippen LogP contribution in [0.15, 0.2) is 35.1 Å². The molecule has 0 aromatic carbocycles. The number of nitrogens with two attached hydrogens (primary N) is 1. The number of nitrogens with zero attached hydrogens (tertiary/aromatic N) is 2. The van der Waals surface area contributed by atoms with E-state index in [0.29, 0.717) is 12.4 Å². The maximum atomic E-state index is 5.39. The quantitative estimate of drug-likeness (QED) is 0.785. The molecule has 2 rings (SSSR count). The van der Waals surface area contributed by atoms with Crippen molar-refractivity contribution in [2.24, 2.45) is 5.73 Å². The van der Waals surface area contributed by atoms with Gasteiger partial charge >= 0.3 is 0 Å². The third-order valence-electron chi connectivity index (χ3n) is 1.90. The number of rotatable bonds is 3. The molecule has 14 heavy (non-hydrogen) atoms. The van der Waals surface area contributed by atoms with Crippen molar-refractivity contribution in [3.8, 4) is 0 Å². The Balaban J connectivity index is 2.11. The van der Waals surface area contributed by atoms with E-state index < -0.39 is 0 Å². The van der Waals surface area contributed by atoms with Crippen LogP contribution in [0, 0.1) is 0 Å². The Kier molecular flexibility index (Phi) is 2.55. The molecule has 2 heterocycles. The molecule has 0 aliphatic rings. The van der Waals surface area contributed by atoms with Crippen LogP contribution >= 0.6 is 0 Å². The average molecular weight is 189 g/mol. The monoisotopic (exact) mass is 189 g/mol. The summed E-state index contributed by atoms with van der Waals surface area (Å²) in [7, 11) is 0. The van der Waals surface area contributed by atoms with Crippen molar-refractivity contribution in [2.45, 2.75) is 13.0 Å². The van der Waals surface area contributed by atoms with Gasteiger partial charge in [0.2, 0.25) is 5.89 Å². The van der Waals surface area contributed by atoms with Crippen LogP contribution in [-0.4, -0.2) is 9.97 Å². The molecule has 0 fully saturated rings. The lowest BCUT2D eigenvalue weighted by molar-refractivity contribution is 0.464. The minimum Gasteiger partial charge on any atom is -0.444 e. The second-order valence-electron chi connectivity index (χ2n) is 2.96. The van der Waals surface area contributed by atoms with Gasteiger partial charge in [0.25, 0.3) is 0 Å². The van der Waals surface area contributed by atoms with Gasteiger partial charge in [-0.3, -0.25) is 4.98 Å². The molecule has 0 aliphatic heterocycles. The van der Waals surface area contributed by atoms with Gasteiger partial charge in [-0.05, 0) is 17.7 Å². The van der Waals surface area contributed by atoms with E-state index in [1.165, 1.54) is 0 Å². The Morgan fingerprint density at radius 3 is 2.71 bits per heavy atom. The molecule has 0 radical (unpaired) electrons. The molecule has 2 aromatic rings. The number of aromatic nitrogens is 2. The third-order valence-corrected chi connectivity index (χ3v) is 1.90. The van der Waals surface area contributed by atoms with Gasteiger partial charge in [-0.2, -0.15) is 0 Å². The van der Waals surface area contributed by atoms with Crippen LogP contribution in [0.5, 0.6) is 0 Å². The summed E-state index contributed by atoms with van der Waals surface area (Å²) < 4.78 is 5.38. The molecular formula is C10H11N3O. The summed E-state index contributed by atoms with van der Waals surface area (Å²) in [6.07, 6.45) is 5.96. The second-order valence-corrected chi connectivity index (χ2v) is 2.96. The molecule has 0 bridgehead atoms. The van der Waals surface area contributed by atoms with Gasteiger partial charge in [0.05, 0.1) is 12.7 Å². The summed E-state index contributed by atoms with van der Waals surface area (Å²) in [5.74, 6) is 1.41. The highest BCUT2D eigenvalue weighted by Crippen LogP contribution is 2.09. The summed E-state index contributed by atoms with van der Waals surface area (Å²) in [6, 6.07) is 3.90. The van der Waals surface area contributed by atoms with Crippen molar-refractivity contribution in [3.63, 3.8) is 0 Å². The Morgan fingerprint density at radius 1 is 1.29 bits per heavy atom. The Morgan fingerprint density at radius 2 is 2.07 bits per heavy atom. The van der Waals surface area contributed by atoms with Crippen molar-refractivity contribution in [2.75, 3.05) is 0 Å². The van der Waals surface area contributed by atoms with Gasteiger partial charge in [-0.1, -0.05) is 0 Å². The van der Waals surface area contributed by atoms with Crippen LogP contribution in [0.3, 0.4) is 0 Å². The summed E-state index contributed by atoms with van der Waals surface area (Å²) in [5, 5.41) is 0. The fourth-order valence-electron chi connectivity index (χ4n) is 1.23. The van der Waals surface area contributed by atoms with Crippen molar-refractivity contribution < 1.29 is 4.42 Å². The van der Waals surface area contributed by atoms with Gasteiger partial charge in [0, 0.05) is 18.8 Å². The highest BCUT2D eigenvalue weighted by molar-refractivity contribution is 5.16. The predicted octanol–water partition coefficient (Wildman–Crippen LogP) is 1.12. The fraction of sp³-hybridized carbons (Fsp3) is 0.200. The second kappa shape index (κ2) is 4.02. The highest BCUT2D eigenvalue weighted by Gasteiger charge is 2.02. The van der Waals surface area contributed by atoms with Crippen LogP contribution in [0.2, 0.25) is 0 Å². The van der Waals surface area contributed by atoms with E-state index in [0.717, 1.165) is 17.7 Å². The first-order chi connectivity index (χ1) is 6.88. The van der Waals surface area contributed by atoms with Gasteiger partial charge in [0.1, 0.15) is 5.76 Å². The molecule has 0 saturated carbocycles. The molecule has 0 amide bonds. The first-order valence-electron chi connectivity index (χ1n) is 4.41. The van der Waals surface area contributed by atoms with E-state index in [2.05, 4.69) is 9.97 Å². The SMILES string of the molecule is NCc1ncc(Cc2ccncc2)o1. The van der Waals surface area contributed by atoms with Crippen LogP contribution in [0.4, 0.5) is 0 Å². The first-order valence-corrected chi connectivity index (χ1v) is 4.41. The molecule has 0 atom stereocenters. The molecule has 2 aromatic heterocycles. The third kappa shape index (κ3) is 1.97.